The molecular formula is C18H13ClN4O2S. The average molecular weight is 385 g/mol. The number of furan rings is 1. The van der Waals surface area contributed by atoms with Crippen molar-refractivity contribution in [1.82, 2.24) is 14.8 Å². The first-order chi connectivity index (χ1) is 12.6. The van der Waals surface area contributed by atoms with Gasteiger partial charge in [-0.3, -0.25) is 15.3 Å². The van der Waals surface area contributed by atoms with E-state index in [0.29, 0.717) is 21.7 Å². The largest absolute Gasteiger partial charge is 0.457 e. The summed E-state index contributed by atoms with van der Waals surface area (Å²) in [5.41, 5.74) is 0.322. The first-order valence-corrected chi connectivity index (χ1v) is 8.95. The van der Waals surface area contributed by atoms with Crippen LogP contribution in [0.3, 0.4) is 0 Å². The summed E-state index contributed by atoms with van der Waals surface area (Å²) in [5, 5.41) is 12.5. The Kier molecular flexibility index (Phi) is 4.10. The number of H-pyrrole nitrogens is 1. The molecule has 3 heterocycles. The van der Waals surface area contributed by atoms with E-state index in [1.807, 2.05) is 31.2 Å². The van der Waals surface area contributed by atoms with Gasteiger partial charge in [-0.15, -0.1) is 0 Å². The molecule has 1 aromatic carbocycles. The van der Waals surface area contributed by atoms with Crippen molar-refractivity contribution >= 4 is 35.1 Å². The van der Waals surface area contributed by atoms with Gasteiger partial charge in [-0.25, -0.2) is 4.68 Å². The van der Waals surface area contributed by atoms with Crippen molar-refractivity contribution in [3.8, 4) is 16.5 Å². The third kappa shape index (κ3) is 2.81. The molecule has 130 valence electrons. The monoisotopic (exact) mass is 384 g/mol. The third-order valence-corrected chi connectivity index (χ3v) is 5.17. The molecule has 0 fully saturated rings. The molecule has 2 aliphatic heterocycles. The third-order valence-electron chi connectivity index (χ3n) is 3.84. The molecule has 26 heavy (non-hydrogen) atoms. The van der Waals surface area contributed by atoms with Gasteiger partial charge in [0, 0.05) is 5.56 Å². The molecule has 0 spiro atoms. The van der Waals surface area contributed by atoms with Crippen LogP contribution in [0.4, 0.5) is 0 Å². The fraction of sp³-hybridized carbons (Fsp3) is 0.0556. The number of nitrogens with one attached hydrogen (secondary N) is 2. The number of nitrogens with zero attached hydrogens (tertiary/aromatic N) is 2. The highest BCUT2D eigenvalue weighted by molar-refractivity contribution is 7.11. The fourth-order valence-corrected chi connectivity index (χ4v) is 3.59. The normalized spacial score (nSPS) is 13.0. The molecular weight excluding hydrogens is 372 g/mol. The van der Waals surface area contributed by atoms with Gasteiger partial charge in [0.1, 0.15) is 16.2 Å². The molecule has 0 saturated heterocycles. The number of rotatable bonds is 2. The molecule has 0 bridgehead atoms. The number of aromatic amines is 1. The smallest absolute Gasteiger partial charge is 0.283 e. The first kappa shape index (κ1) is 16.6. The molecule has 4 rings (SSSR count). The number of benzene rings is 1. The molecule has 1 aromatic heterocycles. The maximum atomic E-state index is 12.3. The van der Waals surface area contributed by atoms with Gasteiger partial charge >= 0.3 is 0 Å². The van der Waals surface area contributed by atoms with Crippen molar-refractivity contribution in [2.75, 3.05) is 0 Å². The van der Waals surface area contributed by atoms with E-state index in [-0.39, 0.29) is 10.7 Å². The Morgan fingerprint density at radius 1 is 1.31 bits per heavy atom. The van der Waals surface area contributed by atoms with Gasteiger partial charge in [-0.2, -0.15) is 4.98 Å². The molecule has 0 amide bonds. The maximum absolute atomic E-state index is 12.3. The Morgan fingerprint density at radius 2 is 2.12 bits per heavy atom. The second-order valence-electron chi connectivity index (χ2n) is 5.49. The van der Waals surface area contributed by atoms with E-state index in [2.05, 4.69) is 10.1 Å². The SMILES string of the molecule is CC=c1[nH]n2c(=N)c(=Cc3ccc(-c4ccccc4Cl)o3)c(=O)nc-2s1. The lowest BCUT2D eigenvalue weighted by Gasteiger charge is -2.00. The summed E-state index contributed by atoms with van der Waals surface area (Å²) >= 11 is 7.50. The minimum absolute atomic E-state index is 0.0278. The molecule has 6 nitrogen and oxygen atoms in total. The lowest BCUT2D eigenvalue weighted by atomic mass is 10.2. The topological polar surface area (TPSA) is 87.7 Å². The summed E-state index contributed by atoms with van der Waals surface area (Å²) in [6.07, 6.45) is 3.38. The van der Waals surface area contributed by atoms with Crippen LogP contribution >= 0.6 is 22.9 Å². The number of hydrogen-bond donors (Lipinski definition) is 2. The number of hydrogen-bond acceptors (Lipinski definition) is 5. The van der Waals surface area contributed by atoms with Gasteiger partial charge in [0.15, 0.2) is 5.49 Å². The summed E-state index contributed by atoms with van der Waals surface area (Å²) in [7, 11) is 0. The van der Waals surface area contributed by atoms with Crippen molar-refractivity contribution in [2.45, 2.75) is 6.92 Å². The number of aromatic nitrogens is 3. The minimum Gasteiger partial charge on any atom is -0.457 e. The first-order valence-electron chi connectivity index (χ1n) is 7.76. The van der Waals surface area contributed by atoms with E-state index in [0.717, 1.165) is 10.2 Å². The lowest BCUT2D eigenvalue weighted by molar-refractivity contribution is 0.571. The van der Waals surface area contributed by atoms with Gasteiger partial charge in [-0.05, 0) is 37.3 Å². The predicted octanol–water partition coefficient (Wildman–Crippen LogP) is 2.08. The number of fused-ring (bicyclic) bond motifs is 1. The van der Waals surface area contributed by atoms with Crippen molar-refractivity contribution in [3.05, 3.63) is 72.9 Å². The fourth-order valence-electron chi connectivity index (χ4n) is 2.55. The molecule has 0 saturated carbocycles. The van der Waals surface area contributed by atoms with Crippen LogP contribution in [0.15, 0.2) is 45.6 Å². The second-order valence-corrected chi connectivity index (χ2v) is 6.91. The molecule has 2 aromatic rings. The average Bonchev–Trinajstić information content (AvgIpc) is 3.26. The summed E-state index contributed by atoms with van der Waals surface area (Å²) in [4.78, 5) is 16.4. The minimum atomic E-state index is -0.469. The van der Waals surface area contributed by atoms with Gasteiger partial charge in [-0.1, -0.05) is 41.1 Å². The van der Waals surface area contributed by atoms with Crippen molar-refractivity contribution in [2.24, 2.45) is 0 Å². The highest BCUT2D eigenvalue weighted by atomic mass is 35.5. The summed E-state index contributed by atoms with van der Waals surface area (Å²) < 4.78 is 8.09. The van der Waals surface area contributed by atoms with Gasteiger partial charge in [0.05, 0.1) is 10.2 Å². The lowest BCUT2D eigenvalue weighted by Crippen LogP contribution is -2.47. The van der Waals surface area contributed by atoms with E-state index in [1.165, 1.54) is 22.1 Å². The van der Waals surface area contributed by atoms with Crippen LogP contribution < -0.4 is 20.9 Å². The summed E-state index contributed by atoms with van der Waals surface area (Å²) in [6.45, 7) is 1.87. The Bertz CT molecular complexity index is 1310. The van der Waals surface area contributed by atoms with Gasteiger partial charge in [0.25, 0.3) is 5.56 Å². The number of halogens is 1. The van der Waals surface area contributed by atoms with Crippen LogP contribution in [-0.2, 0) is 0 Å². The second kappa shape index (κ2) is 6.44. The van der Waals surface area contributed by atoms with Crippen molar-refractivity contribution in [1.29, 1.82) is 5.41 Å². The molecule has 0 radical (unpaired) electrons. The summed E-state index contributed by atoms with van der Waals surface area (Å²) in [5.74, 6) is 1.04. The Balaban J connectivity index is 1.88. The molecule has 0 aliphatic carbocycles. The highest BCUT2D eigenvalue weighted by Gasteiger charge is 2.11. The van der Waals surface area contributed by atoms with Crippen LogP contribution in [0.1, 0.15) is 12.7 Å². The molecule has 0 unspecified atom stereocenters. The Hall–Kier alpha value is -2.90. The molecule has 2 aliphatic rings. The van der Waals surface area contributed by atoms with Gasteiger partial charge in [0.2, 0.25) is 5.13 Å². The summed E-state index contributed by atoms with van der Waals surface area (Å²) in [6, 6.07) is 10.9. The quantitative estimate of drug-likeness (QED) is 0.554. The van der Waals surface area contributed by atoms with E-state index in [1.54, 1.807) is 18.2 Å². The van der Waals surface area contributed by atoms with Crippen LogP contribution in [-0.4, -0.2) is 14.8 Å². The van der Waals surface area contributed by atoms with Crippen LogP contribution in [0.2, 0.25) is 5.02 Å². The highest BCUT2D eigenvalue weighted by Crippen LogP contribution is 2.29. The van der Waals surface area contributed by atoms with Gasteiger partial charge < -0.3 is 4.42 Å². The van der Waals surface area contributed by atoms with Crippen molar-refractivity contribution in [3.63, 3.8) is 0 Å². The maximum Gasteiger partial charge on any atom is 0.283 e. The zero-order valence-electron chi connectivity index (χ0n) is 13.6. The van der Waals surface area contributed by atoms with E-state index < -0.39 is 5.56 Å². The van der Waals surface area contributed by atoms with Crippen LogP contribution in [0, 0.1) is 5.41 Å². The molecule has 0 atom stereocenters. The molecule has 2 N–H and O–H groups in total. The zero-order chi connectivity index (χ0) is 18.3. The standard InChI is InChI=1S/C18H13ClN4O2S/c1-2-15-22-23-16(20)12(17(24)21-18(23)26-15)9-10-7-8-14(25-10)11-5-3-4-6-13(11)19/h2-9,20,22H,1H3. The Labute approximate surface area is 156 Å². The van der Waals surface area contributed by atoms with E-state index in [9.17, 15) is 4.79 Å². The van der Waals surface area contributed by atoms with E-state index >= 15 is 0 Å². The van der Waals surface area contributed by atoms with Crippen molar-refractivity contribution < 1.29 is 4.42 Å². The zero-order valence-corrected chi connectivity index (χ0v) is 15.2. The van der Waals surface area contributed by atoms with Crippen LogP contribution in [0.25, 0.3) is 28.6 Å². The molecule has 8 heteroatoms. The van der Waals surface area contributed by atoms with E-state index in [4.69, 9.17) is 21.4 Å². The Morgan fingerprint density at radius 3 is 2.88 bits per heavy atom. The van der Waals surface area contributed by atoms with Crippen LogP contribution in [0.5, 0.6) is 0 Å². The predicted molar refractivity (Wildman–Crippen MR) is 101 cm³/mol.